The molecule has 0 atom stereocenters. The second kappa shape index (κ2) is 8.15. The van der Waals surface area contributed by atoms with Crippen LogP contribution in [0.5, 0.6) is 5.75 Å². The second-order valence-electron chi connectivity index (χ2n) is 6.49. The van der Waals surface area contributed by atoms with Crippen LogP contribution in [0.25, 0.3) is 0 Å². The van der Waals surface area contributed by atoms with Crippen LogP contribution in [0.1, 0.15) is 54.2 Å². The van der Waals surface area contributed by atoms with Gasteiger partial charge in [-0.15, -0.1) is 10.2 Å². The monoisotopic (exact) mass is 379 g/mol. The Morgan fingerprint density at radius 1 is 1.24 bits per heavy atom. The maximum Gasteiger partial charge on any atom is 0.264 e. The number of benzene rings is 1. The third kappa shape index (κ3) is 4.70. The van der Waals surface area contributed by atoms with Crippen LogP contribution in [0.15, 0.2) is 12.1 Å². The summed E-state index contributed by atoms with van der Waals surface area (Å²) in [7, 11) is 0. The summed E-state index contributed by atoms with van der Waals surface area (Å²) >= 11 is 7.61. The summed E-state index contributed by atoms with van der Waals surface area (Å²) in [5.41, 5.74) is 1.86. The van der Waals surface area contributed by atoms with Crippen molar-refractivity contribution in [2.75, 3.05) is 11.9 Å². The van der Waals surface area contributed by atoms with Gasteiger partial charge in [0.15, 0.2) is 6.61 Å². The SMILES string of the molecule is Cc1cc(OCC(=O)Nc2nnc(C3CCCCC3)s2)cc(C)c1Cl. The van der Waals surface area contributed by atoms with E-state index in [1.165, 1.54) is 43.4 Å². The first-order valence-corrected chi connectivity index (χ1v) is 9.75. The van der Waals surface area contributed by atoms with Crippen molar-refractivity contribution < 1.29 is 9.53 Å². The number of ether oxygens (including phenoxy) is 1. The molecule has 5 nitrogen and oxygen atoms in total. The largest absolute Gasteiger partial charge is 0.484 e. The van der Waals surface area contributed by atoms with Gasteiger partial charge < -0.3 is 4.74 Å². The molecule has 0 bridgehead atoms. The zero-order valence-corrected chi connectivity index (χ0v) is 16.0. The van der Waals surface area contributed by atoms with Crippen LogP contribution in [0.2, 0.25) is 5.02 Å². The van der Waals surface area contributed by atoms with E-state index in [1.807, 2.05) is 26.0 Å². The Bertz CT molecular complexity index is 734. The number of aryl methyl sites for hydroxylation is 2. The van der Waals surface area contributed by atoms with Crippen molar-refractivity contribution in [2.24, 2.45) is 0 Å². The van der Waals surface area contributed by atoms with Gasteiger partial charge in [-0.25, -0.2) is 0 Å². The lowest BCUT2D eigenvalue weighted by Crippen LogP contribution is -2.20. The van der Waals surface area contributed by atoms with Crippen LogP contribution in [0.4, 0.5) is 5.13 Å². The Balaban J connectivity index is 1.53. The highest BCUT2D eigenvalue weighted by Gasteiger charge is 2.20. The van der Waals surface area contributed by atoms with E-state index in [0.29, 0.717) is 16.8 Å². The average Bonchev–Trinajstić information content (AvgIpc) is 3.07. The molecule has 1 heterocycles. The standard InChI is InChI=1S/C18H22ClN3O2S/c1-11-8-14(9-12(2)16(11)19)24-10-15(23)20-18-22-21-17(25-18)13-6-4-3-5-7-13/h8-9,13H,3-7,10H2,1-2H3,(H,20,22,23). The van der Waals surface area contributed by atoms with Crippen LogP contribution < -0.4 is 10.1 Å². The van der Waals surface area contributed by atoms with E-state index in [0.717, 1.165) is 21.2 Å². The third-order valence-corrected chi connectivity index (χ3v) is 6.02. The Labute approximate surface area is 156 Å². The Kier molecular flexibility index (Phi) is 5.91. The van der Waals surface area contributed by atoms with Gasteiger partial charge in [0.2, 0.25) is 5.13 Å². The van der Waals surface area contributed by atoms with Crippen LogP contribution in [-0.2, 0) is 4.79 Å². The summed E-state index contributed by atoms with van der Waals surface area (Å²) in [5.74, 6) is 0.888. The van der Waals surface area contributed by atoms with Gasteiger partial charge in [0.05, 0.1) is 0 Å². The molecule has 2 aromatic rings. The first kappa shape index (κ1) is 18.1. The normalized spacial score (nSPS) is 15.2. The molecule has 0 saturated heterocycles. The number of hydrogen-bond acceptors (Lipinski definition) is 5. The molecule has 7 heteroatoms. The smallest absolute Gasteiger partial charge is 0.264 e. The zero-order valence-electron chi connectivity index (χ0n) is 14.5. The molecule has 1 aromatic heterocycles. The molecular formula is C18H22ClN3O2S. The maximum absolute atomic E-state index is 12.1. The van der Waals surface area contributed by atoms with E-state index in [-0.39, 0.29) is 12.5 Å². The van der Waals surface area contributed by atoms with E-state index in [2.05, 4.69) is 15.5 Å². The second-order valence-corrected chi connectivity index (χ2v) is 7.88. The van der Waals surface area contributed by atoms with Gasteiger partial charge in [-0.05, 0) is 49.9 Å². The predicted octanol–water partition coefficient (Wildman–Crippen LogP) is 4.87. The van der Waals surface area contributed by atoms with Gasteiger partial charge in [-0.3, -0.25) is 10.1 Å². The minimum absolute atomic E-state index is 0.0706. The zero-order chi connectivity index (χ0) is 17.8. The van der Waals surface area contributed by atoms with Crippen molar-refractivity contribution in [1.82, 2.24) is 10.2 Å². The summed E-state index contributed by atoms with van der Waals surface area (Å²) in [6.07, 6.45) is 6.14. The molecule has 0 radical (unpaired) electrons. The fourth-order valence-corrected chi connectivity index (χ4v) is 4.13. The molecule has 1 N–H and O–H groups in total. The summed E-state index contributed by atoms with van der Waals surface area (Å²) in [6.45, 7) is 3.76. The molecule has 0 aliphatic heterocycles. The van der Waals surface area contributed by atoms with Crippen LogP contribution in [0.3, 0.4) is 0 Å². The minimum Gasteiger partial charge on any atom is -0.484 e. The number of carbonyl (C=O) groups excluding carboxylic acids is 1. The lowest BCUT2D eigenvalue weighted by molar-refractivity contribution is -0.118. The quantitative estimate of drug-likeness (QED) is 0.804. The fraction of sp³-hybridized carbons (Fsp3) is 0.500. The average molecular weight is 380 g/mol. The number of rotatable bonds is 5. The van der Waals surface area contributed by atoms with Crippen molar-refractivity contribution in [3.05, 3.63) is 33.3 Å². The van der Waals surface area contributed by atoms with Crippen molar-refractivity contribution in [3.8, 4) is 5.75 Å². The number of carbonyl (C=O) groups is 1. The molecule has 0 spiro atoms. The number of hydrogen-bond donors (Lipinski definition) is 1. The van der Waals surface area contributed by atoms with E-state index in [4.69, 9.17) is 16.3 Å². The highest BCUT2D eigenvalue weighted by molar-refractivity contribution is 7.15. The molecule has 0 unspecified atom stereocenters. The summed E-state index contributed by atoms with van der Waals surface area (Å²) in [5, 5.41) is 13.4. The van der Waals surface area contributed by atoms with E-state index in [9.17, 15) is 4.79 Å². The Morgan fingerprint density at radius 2 is 1.92 bits per heavy atom. The number of nitrogens with one attached hydrogen (secondary N) is 1. The van der Waals surface area contributed by atoms with E-state index < -0.39 is 0 Å². The molecule has 1 aliphatic rings. The summed E-state index contributed by atoms with van der Waals surface area (Å²) < 4.78 is 5.57. The van der Waals surface area contributed by atoms with Gasteiger partial charge in [0, 0.05) is 10.9 Å². The summed E-state index contributed by atoms with van der Waals surface area (Å²) in [6, 6.07) is 3.66. The minimum atomic E-state index is -0.239. The topological polar surface area (TPSA) is 64.1 Å². The number of halogens is 1. The van der Waals surface area contributed by atoms with E-state index in [1.54, 1.807) is 0 Å². The van der Waals surface area contributed by atoms with Gasteiger partial charge >= 0.3 is 0 Å². The van der Waals surface area contributed by atoms with Crippen molar-refractivity contribution >= 4 is 34.0 Å². The first-order chi connectivity index (χ1) is 12.0. The summed E-state index contributed by atoms with van der Waals surface area (Å²) in [4.78, 5) is 12.1. The van der Waals surface area contributed by atoms with Gasteiger partial charge in [-0.2, -0.15) is 0 Å². The molecular weight excluding hydrogens is 358 g/mol. The fourth-order valence-electron chi connectivity index (χ4n) is 3.09. The van der Waals surface area contributed by atoms with Gasteiger partial charge in [-0.1, -0.05) is 42.2 Å². The number of aromatic nitrogens is 2. The molecule has 25 heavy (non-hydrogen) atoms. The van der Waals surface area contributed by atoms with Crippen LogP contribution in [-0.4, -0.2) is 22.7 Å². The Morgan fingerprint density at radius 3 is 2.60 bits per heavy atom. The maximum atomic E-state index is 12.1. The molecule has 1 aliphatic carbocycles. The van der Waals surface area contributed by atoms with Gasteiger partial charge in [0.25, 0.3) is 5.91 Å². The third-order valence-electron chi connectivity index (χ3n) is 4.42. The molecule has 3 rings (SSSR count). The van der Waals surface area contributed by atoms with Gasteiger partial charge in [0.1, 0.15) is 10.8 Å². The molecule has 1 amide bonds. The molecule has 1 aromatic carbocycles. The number of anilines is 1. The van der Waals surface area contributed by atoms with Crippen molar-refractivity contribution in [3.63, 3.8) is 0 Å². The van der Waals surface area contributed by atoms with Crippen molar-refractivity contribution in [2.45, 2.75) is 51.9 Å². The highest BCUT2D eigenvalue weighted by Crippen LogP contribution is 2.35. The first-order valence-electron chi connectivity index (χ1n) is 8.55. The predicted molar refractivity (Wildman–Crippen MR) is 101 cm³/mol. The lowest BCUT2D eigenvalue weighted by atomic mass is 9.90. The molecule has 1 fully saturated rings. The van der Waals surface area contributed by atoms with Crippen LogP contribution in [0, 0.1) is 13.8 Å². The molecule has 134 valence electrons. The lowest BCUT2D eigenvalue weighted by Gasteiger charge is -2.18. The highest BCUT2D eigenvalue weighted by atomic mass is 35.5. The van der Waals surface area contributed by atoms with Crippen molar-refractivity contribution in [1.29, 1.82) is 0 Å². The molecule has 1 saturated carbocycles. The van der Waals surface area contributed by atoms with E-state index >= 15 is 0 Å². The number of amides is 1. The van der Waals surface area contributed by atoms with Crippen LogP contribution >= 0.6 is 22.9 Å². The Hall–Kier alpha value is -1.66. The number of nitrogens with zero attached hydrogens (tertiary/aromatic N) is 2.